The Hall–Kier alpha value is -3.10. The van der Waals surface area contributed by atoms with E-state index < -0.39 is 12.1 Å². The number of carboxylic acid groups (broad SMARTS) is 1. The van der Waals surface area contributed by atoms with Gasteiger partial charge in [-0.1, -0.05) is 38.0 Å². The summed E-state index contributed by atoms with van der Waals surface area (Å²) in [6, 6.07) is 13.3. The van der Waals surface area contributed by atoms with Gasteiger partial charge in [0.1, 0.15) is 12.4 Å². The van der Waals surface area contributed by atoms with Gasteiger partial charge in [-0.15, -0.1) is 0 Å². The first-order chi connectivity index (χ1) is 18.5. The molecular formula is C30H42N2O6. The zero-order valence-corrected chi connectivity index (χ0v) is 22.7. The second-order valence-electron chi connectivity index (χ2n) is 9.55. The van der Waals surface area contributed by atoms with Crippen molar-refractivity contribution in [1.29, 1.82) is 0 Å². The molecule has 0 aliphatic heterocycles. The highest BCUT2D eigenvalue weighted by molar-refractivity contribution is 5.89. The summed E-state index contributed by atoms with van der Waals surface area (Å²) in [6.07, 6.45) is 6.06. The van der Waals surface area contributed by atoms with Crippen LogP contribution in [0, 0.1) is 0 Å². The van der Waals surface area contributed by atoms with Crippen molar-refractivity contribution in [3.05, 3.63) is 59.2 Å². The summed E-state index contributed by atoms with van der Waals surface area (Å²) in [5.41, 5.74) is 4.36. The lowest BCUT2D eigenvalue weighted by molar-refractivity contribution is -0.149. The number of carboxylic acids is 1. The smallest absolute Gasteiger partial charge is 0.333 e. The fourth-order valence-corrected chi connectivity index (χ4v) is 4.53. The van der Waals surface area contributed by atoms with Gasteiger partial charge in [0.2, 0.25) is 0 Å². The average Bonchev–Trinajstić information content (AvgIpc) is 3.38. The average molecular weight is 527 g/mol. The Balaban J connectivity index is 1.52. The number of anilines is 1. The van der Waals surface area contributed by atoms with Gasteiger partial charge in [-0.25, -0.2) is 9.59 Å². The number of rotatable bonds is 17. The third kappa shape index (κ3) is 9.65. The molecule has 1 atom stereocenters. The standard InChI is InChI=1S/C30H42N2O6/c1-3-5-6-18-36-19-16-32(30(35)31-26-13-12-24-8-7-9-25(24)22-26)17-20-38-27-14-10-23(11-15-27)21-28(29(33)34)37-4-2/h10-15,22,28H,3-9,16-21H2,1-2H3,(H,31,35)(H,33,34). The lowest BCUT2D eigenvalue weighted by Gasteiger charge is -2.23. The first kappa shape index (κ1) is 29.5. The second-order valence-corrected chi connectivity index (χ2v) is 9.55. The molecule has 0 bridgehead atoms. The molecule has 1 aliphatic rings. The number of nitrogens with zero attached hydrogens (tertiary/aromatic N) is 1. The molecule has 0 heterocycles. The van der Waals surface area contributed by atoms with Crippen molar-refractivity contribution < 1.29 is 28.9 Å². The molecule has 8 nitrogen and oxygen atoms in total. The Morgan fingerprint density at radius 3 is 2.47 bits per heavy atom. The molecule has 0 saturated heterocycles. The highest BCUT2D eigenvalue weighted by Crippen LogP contribution is 2.25. The molecule has 2 amide bonds. The summed E-state index contributed by atoms with van der Waals surface area (Å²) in [6.45, 7) is 6.65. The van der Waals surface area contributed by atoms with Crippen LogP contribution in [0.2, 0.25) is 0 Å². The number of aliphatic carboxylic acids is 1. The minimum atomic E-state index is -0.972. The maximum atomic E-state index is 13.1. The van der Waals surface area contributed by atoms with Gasteiger partial charge >= 0.3 is 12.0 Å². The lowest BCUT2D eigenvalue weighted by atomic mass is 10.1. The van der Waals surface area contributed by atoms with E-state index in [0.29, 0.717) is 51.7 Å². The minimum Gasteiger partial charge on any atom is -0.492 e. The van der Waals surface area contributed by atoms with Crippen LogP contribution in [0.15, 0.2) is 42.5 Å². The van der Waals surface area contributed by atoms with Gasteiger partial charge in [0.25, 0.3) is 0 Å². The van der Waals surface area contributed by atoms with Gasteiger partial charge < -0.3 is 29.5 Å². The monoisotopic (exact) mass is 526 g/mol. The Kier molecular flexibility index (Phi) is 12.4. The van der Waals surface area contributed by atoms with Gasteiger partial charge in [0.05, 0.1) is 13.2 Å². The molecule has 3 rings (SSSR count). The van der Waals surface area contributed by atoms with Crippen LogP contribution in [-0.2, 0) is 33.5 Å². The summed E-state index contributed by atoms with van der Waals surface area (Å²) in [5, 5.41) is 12.3. The highest BCUT2D eigenvalue weighted by atomic mass is 16.5. The summed E-state index contributed by atoms with van der Waals surface area (Å²) < 4.78 is 16.9. The van der Waals surface area contributed by atoms with Crippen molar-refractivity contribution in [2.24, 2.45) is 0 Å². The molecule has 0 fully saturated rings. The number of carbonyl (C=O) groups excluding carboxylic acids is 1. The summed E-state index contributed by atoms with van der Waals surface area (Å²) in [7, 11) is 0. The topological polar surface area (TPSA) is 97.3 Å². The fraction of sp³-hybridized carbons (Fsp3) is 0.533. The van der Waals surface area contributed by atoms with Crippen LogP contribution in [0.3, 0.4) is 0 Å². The van der Waals surface area contributed by atoms with Gasteiger partial charge in [-0.3, -0.25) is 0 Å². The first-order valence-corrected chi connectivity index (χ1v) is 13.8. The van der Waals surface area contributed by atoms with Gasteiger partial charge in [0.15, 0.2) is 6.10 Å². The van der Waals surface area contributed by atoms with E-state index in [1.54, 1.807) is 11.8 Å². The Morgan fingerprint density at radius 2 is 1.74 bits per heavy atom. The normalized spacial score (nSPS) is 13.1. The van der Waals surface area contributed by atoms with E-state index in [4.69, 9.17) is 14.2 Å². The first-order valence-electron chi connectivity index (χ1n) is 13.8. The van der Waals surface area contributed by atoms with Crippen LogP contribution < -0.4 is 10.1 Å². The number of aryl methyl sites for hydroxylation is 2. The zero-order valence-electron chi connectivity index (χ0n) is 22.7. The summed E-state index contributed by atoms with van der Waals surface area (Å²) >= 11 is 0. The van der Waals surface area contributed by atoms with Crippen molar-refractivity contribution >= 4 is 17.7 Å². The second kappa shape index (κ2) is 16.0. The van der Waals surface area contributed by atoms with E-state index in [0.717, 1.165) is 43.4 Å². The Morgan fingerprint density at radius 1 is 0.974 bits per heavy atom. The van der Waals surface area contributed by atoms with E-state index in [1.165, 1.54) is 17.5 Å². The molecule has 8 heteroatoms. The highest BCUT2D eigenvalue weighted by Gasteiger charge is 2.18. The molecule has 208 valence electrons. The number of hydrogen-bond donors (Lipinski definition) is 2. The van der Waals surface area contributed by atoms with E-state index in [1.807, 2.05) is 30.3 Å². The SMILES string of the molecule is CCCCCOCCN(CCOc1ccc(CC(OCC)C(=O)O)cc1)C(=O)Nc1ccc2c(c1)CCC2. The third-order valence-corrected chi connectivity index (χ3v) is 6.65. The van der Waals surface area contributed by atoms with Gasteiger partial charge in [-0.05, 0) is 73.6 Å². The van der Waals surface area contributed by atoms with Crippen LogP contribution in [0.4, 0.5) is 10.5 Å². The number of hydrogen-bond acceptors (Lipinski definition) is 5. The number of ether oxygens (including phenoxy) is 3. The number of fused-ring (bicyclic) bond motifs is 1. The summed E-state index contributed by atoms with van der Waals surface area (Å²) in [4.78, 5) is 26.2. The van der Waals surface area contributed by atoms with E-state index >= 15 is 0 Å². The maximum absolute atomic E-state index is 13.1. The summed E-state index contributed by atoms with van der Waals surface area (Å²) in [5.74, 6) is -0.313. The van der Waals surface area contributed by atoms with Crippen molar-refractivity contribution in [2.45, 2.75) is 64.9 Å². The fourth-order valence-electron chi connectivity index (χ4n) is 4.53. The van der Waals surface area contributed by atoms with Crippen molar-refractivity contribution in [3.63, 3.8) is 0 Å². The van der Waals surface area contributed by atoms with Crippen LogP contribution in [-0.4, -0.2) is 67.6 Å². The number of benzene rings is 2. The van der Waals surface area contributed by atoms with Crippen LogP contribution in [0.5, 0.6) is 5.75 Å². The van der Waals surface area contributed by atoms with Crippen molar-refractivity contribution in [1.82, 2.24) is 4.90 Å². The van der Waals surface area contributed by atoms with Crippen LogP contribution in [0.1, 0.15) is 56.2 Å². The molecular weight excluding hydrogens is 484 g/mol. The van der Waals surface area contributed by atoms with Crippen LogP contribution >= 0.6 is 0 Å². The third-order valence-electron chi connectivity index (χ3n) is 6.65. The number of urea groups is 1. The van der Waals surface area contributed by atoms with Gasteiger partial charge in [-0.2, -0.15) is 0 Å². The molecule has 2 aromatic rings. The molecule has 0 aromatic heterocycles. The number of amides is 2. The number of nitrogens with one attached hydrogen (secondary N) is 1. The molecule has 2 N–H and O–H groups in total. The Bertz CT molecular complexity index is 1010. The minimum absolute atomic E-state index is 0.172. The molecule has 0 spiro atoms. The quantitative estimate of drug-likeness (QED) is 0.271. The predicted molar refractivity (Wildman–Crippen MR) is 148 cm³/mol. The van der Waals surface area contributed by atoms with E-state index in [-0.39, 0.29) is 6.03 Å². The molecule has 38 heavy (non-hydrogen) atoms. The largest absolute Gasteiger partial charge is 0.492 e. The van der Waals surface area contributed by atoms with Crippen molar-refractivity contribution in [3.8, 4) is 5.75 Å². The number of unbranched alkanes of at least 4 members (excludes halogenated alkanes) is 2. The molecule has 1 aliphatic carbocycles. The van der Waals surface area contributed by atoms with E-state index in [2.05, 4.69) is 24.4 Å². The molecule has 0 saturated carbocycles. The van der Waals surface area contributed by atoms with Gasteiger partial charge in [0, 0.05) is 31.9 Å². The molecule has 2 aromatic carbocycles. The lowest BCUT2D eigenvalue weighted by Crippen LogP contribution is -2.40. The molecule has 1 unspecified atom stereocenters. The zero-order chi connectivity index (χ0) is 27.2. The van der Waals surface area contributed by atoms with Crippen molar-refractivity contribution in [2.75, 3.05) is 44.8 Å². The maximum Gasteiger partial charge on any atom is 0.333 e. The Labute approximate surface area is 226 Å². The number of carbonyl (C=O) groups is 2. The molecule has 0 radical (unpaired) electrons. The van der Waals surface area contributed by atoms with Crippen LogP contribution in [0.25, 0.3) is 0 Å². The predicted octanol–water partition coefficient (Wildman–Crippen LogP) is 5.33. The van der Waals surface area contributed by atoms with E-state index in [9.17, 15) is 14.7 Å².